The van der Waals surface area contributed by atoms with Crippen LogP contribution < -0.4 is 0 Å². The highest BCUT2D eigenvalue weighted by Crippen LogP contribution is 2.35. The molecule has 2 aromatic heterocycles. The van der Waals surface area contributed by atoms with Gasteiger partial charge in [0.05, 0.1) is 11.6 Å². The second-order valence-electron chi connectivity index (χ2n) is 7.19. The summed E-state index contributed by atoms with van der Waals surface area (Å²) in [7, 11) is 2.02. The summed E-state index contributed by atoms with van der Waals surface area (Å²) in [5.41, 5.74) is 2.53. The summed E-state index contributed by atoms with van der Waals surface area (Å²) >= 11 is 0. The predicted molar refractivity (Wildman–Crippen MR) is 93.8 cm³/mol. The van der Waals surface area contributed by atoms with Crippen molar-refractivity contribution in [1.82, 2.24) is 9.47 Å². The number of fused-ring (bicyclic) bond motifs is 1. The van der Waals surface area contributed by atoms with Gasteiger partial charge in [-0.15, -0.1) is 0 Å². The molecular formula is C20H24N2O3. The van der Waals surface area contributed by atoms with Gasteiger partial charge in [-0.3, -0.25) is 9.59 Å². The summed E-state index contributed by atoms with van der Waals surface area (Å²) in [5, 5.41) is 0. The maximum atomic E-state index is 13.3. The number of amides is 1. The summed E-state index contributed by atoms with van der Waals surface area (Å²) in [6.07, 6.45) is 7.20. The number of furan rings is 1. The van der Waals surface area contributed by atoms with Crippen molar-refractivity contribution in [3.8, 4) is 0 Å². The smallest absolute Gasteiger partial charge is 0.290 e. The van der Waals surface area contributed by atoms with Crippen molar-refractivity contribution >= 4 is 11.7 Å². The van der Waals surface area contributed by atoms with E-state index in [9.17, 15) is 9.59 Å². The van der Waals surface area contributed by atoms with E-state index in [2.05, 4.69) is 10.6 Å². The lowest BCUT2D eigenvalue weighted by molar-refractivity contribution is 0.0566. The lowest BCUT2D eigenvalue weighted by atomic mass is 9.93. The van der Waals surface area contributed by atoms with Gasteiger partial charge in [0.2, 0.25) is 0 Å². The van der Waals surface area contributed by atoms with E-state index in [0.29, 0.717) is 23.5 Å². The minimum Gasteiger partial charge on any atom is -0.455 e. The third kappa shape index (κ3) is 2.62. The van der Waals surface area contributed by atoms with Crippen molar-refractivity contribution in [2.75, 3.05) is 6.54 Å². The Labute approximate surface area is 147 Å². The highest BCUT2D eigenvalue weighted by Gasteiger charge is 2.35. The quantitative estimate of drug-likeness (QED) is 0.835. The Hall–Kier alpha value is -2.30. The van der Waals surface area contributed by atoms with E-state index in [1.807, 2.05) is 31.1 Å². The number of carbonyl (C=O) groups is 2. The minimum atomic E-state index is -0.0781. The van der Waals surface area contributed by atoms with Gasteiger partial charge in [0.15, 0.2) is 11.5 Å². The molecule has 132 valence electrons. The molecular weight excluding hydrogens is 316 g/mol. The van der Waals surface area contributed by atoms with E-state index < -0.39 is 0 Å². The molecule has 1 amide bonds. The summed E-state index contributed by atoms with van der Waals surface area (Å²) in [6, 6.07) is 4.17. The van der Waals surface area contributed by atoms with Gasteiger partial charge in [-0.05, 0) is 44.7 Å². The van der Waals surface area contributed by atoms with E-state index in [0.717, 1.165) is 49.9 Å². The van der Waals surface area contributed by atoms with E-state index in [1.54, 1.807) is 0 Å². The molecule has 0 radical (unpaired) electrons. The number of piperidine rings is 1. The largest absolute Gasteiger partial charge is 0.455 e. The molecule has 5 heteroatoms. The number of rotatable bonds is 2. The van der Waals surface area contributed by atoms with Crippen LogP contribution in [0, 0.1) is 6.92 Å². The molecule has 1 aliphatic carbocycles. The van der Waals surface area contributed by atoms with Crippen LogP contribution in [0.4, 0.5) is 0 Å². The van der Waals surface area contributed by atoms with Gasteiger partial charge in [0, 0.05) is 43.9 Å². The molecule has 0 bridgehead atoms. The Balaban J connectivity index is 1.70. The minimum absolute atomic E-state index is 0.0680. The summed E-state index contributed by atoms with van der Waals surface area (Å²) in [5.74, 6) is 1.09. The van der Waals surface area contributed by atoms with Crippen LogP contribution in [-0.2, 0) is 13.5 Å². The molecule has 1 saturated heterocycles. The van der Waals surface area contributed by atoms with Crippen LogP contribution in [0.3, 0.4) is 0 Å². The fraction of sp³-hybridized carbons (Fsp3) is 0.500. The fourth-order valence-corrected chi connectivity index (χ4v) is 4.29. The lowest BCUT2D eigenvalue weighted by Crippen LogP contribution is -2.39. The third-order valence-corrected chi connectivity index (χ3v) is 5.59. The first-order valence-corrected chi connectivity index (χ1v) is 9.15. The van der Waals surface area contributed by atoms with Crippen molar-refractivity contribution < 1.29 is 14.0 Å². The van der Waals surface area contributed by atoms with E-state index in [1.165, 1.54) is 0 Å². The predicted octanol–water partition coefficient (Wildman–Crippen LogP) is 3.81. The average Bonchev–Trinajstić information content (AvgIpc) is 3.18. The highest BCUT2D eigenvalue weighted by molar-refractivity contribution is 6.03. The van der Waals surface area contributed by atoms with E-state index >= 15 is 0 Å². The van der Waals surface area contributed by atoms with Crippen LogP contribution in [-0.4, -0.2) is 27.7 Å². The zero-order chi connectivity index (χ0) is 17.6. The summed E-state index contributed by atoms with van der Waals surface area (Å²) < 4.78 is 7.98. The van der Waals surface area contributed by atoms with Crippen molar-refractivity contribution in [3.63, 3.8) is 0 Å². The van der Waals surface area contributed by atoms with Crippen molar-refractivity contribution in [1.29, 1.82) is 0 Å². The number of carbonyl (C=O) groups excluding carboxylic acids is 2. The van der Waals surface area contributed by atoms with Crippen LogP contribution in [0.25, 0.3) is 0 Å². The number of Topliss-reactive ketones (excluding diaryl/α,β-unsaturated/α-hetero) is 1. The Morgan fingerprint density at radius 2 is 2.08 bits per heavy atom. The summed E-state index contributed by atoms with van der Waals surface area (Å²) in [4.78, 5) is 27.4. The standard InChI is InChI=1S/C20H24N2O3/c1-13-18-16(23)9-5-10-17(18)25-19(13)20(24)22-12-4-3-7-15(22)14-8-6-11-21(14)2/h6,8,11,15H,3-5,7,9-10,12H2,1-2H3. The highest BCUT2D eigenvalue weighted by atomic mass is 16.4. The van der Waals surface area contributed by atoms with Crippen LogP contribution in [0.2, 0.25) is 0 Å². The molecule has 0 saturated carbocycles. The lowest BCUT2D eigenvalue weighted by Gasteiger charge is -2.35. The maximum absolute atomic E-state index is 13.3. The first kappa shape index (κ1) is 16.2. The Bertz CT molecular complexity index is 830. The molecule has 0 N–H and O–H groups in total. The maximum Gasteiger partial charge on any atom is 0.290 e. The second-order valence-corrected chi connectivity index (χ2v) is 7.19. The zero-order valence-corrected chi connectivity index (χ0v) is 14.9. The van der Waals surface area contributed by atoms with Crippen LogP contribution >= 0.6 is 0 Å². The number of likely N-dealkylation sites (tertiary alicyclic amines) is 1. The molecule has 0 aromatic carbocycles. The Morgan fingerprint density at radius 1 is 1.24 bits per heavy atom. The molecule has 0 spiro atoms. The third-order valence-electron chi connectivity index (χ3n) is 5.59. The molecule has 1 unspecified atom stereocenters. The first-order chi connectivity index (χ1) is 12.1. The second kappa shape index (κ2) is 6.21. The molecule has 1 aliphatic heterocycles. The molecule has 1 atom stereocenters. The molecule has 4 rings (SSSR count). The Kier molecular flexibility index (Phi) is 4.02. The van der Waals surface area contributed by atoms with E-state index in [4.69, 9.17) is 4.42 Å². The van der Waals surface area contributed by atoms with Crippen molar-refractivity contribution in [3.05, 3.63) is 46.7 Å². The monoisotopic (exact) mass is 340 g/mol. The molecule has 2 aromatic rings. The van der Waals surface area contributed by atoms with E-state index in [-0.39, 0.29) is 17.7 Å². The molecule has 3 heterocycles. The number of ketones is 1. The zero-order valence-electron chi connectivity index (χ0n) is 14.9. The number of hydrogen-bond donors (Lipinski definition) is 0. The van der Waals surface area contributed by atoms with Crippen LogP contribution in [0.5, 0.6) is 0 Å². The van der Waals surface area contributed by atoms with Gasteiger partial charge in [0.25, 0.3) is 5.91 Å². The van der Waals surface area contributed by atoms with Crippen LogP contribution in [0.1, 0.15) is 76.1 Å². The SMILES string of the molecule is Cc1c(C(=O)N2CCCCC2c2cccn2C)oc2c1C(=O)CCC2. The molecule has 1 fully saturated rings. The average molecular weight is 340 g/mol. The van der Waals surface area contributed by atoms with Crippen molar-refractivity contribution in [2.45, 2.75) is 51.5 Å². The van der Waals surface area contributed by atoms with Crippen molar-refractivity contribution in [2.24, 2.45) is 7.05 Å². The summed E-state index contributed by atoms with van der Waals surface area (Å²) in [6.45, 7) is 2.58. The number of hydrogen-bond acceptors (Lipinski definition) is 3. The molecule has 2 aliphatic rings. The van der Waals surface area contributed by atoms with Crippen LogP contribution in [0.15, 0.2) is 22.7 Å². The van der Waals surface area contributed by atoms with Gasteiger partial charge in [-0.25, -0.2) is 0 Å². The van der Waals surface area contributed by atoms with Gasteiger partial charge in [-0.2, -0.15) is 0 Å². The van der Waals surface area contributed by atoms with Gasteiger partial charge in [0.1, 0.15) is 5.76 Å². The first-order valence-electron chi connectivity index (χ1n) is 9.15. The number of nitrogens with zero attached hydrogens (tertiary/aromatic N) is 2. The van der Waals surface area contributed by atoms with Gasteiger partial charge < -0.3 is 13.9 Å². The fourth-order valence-electron chi connectivity index (χ4n) is 4.29. The normalized spacial score (nSPS) is 20.6. The molecule has 25 heavy (non-hydrogen) atoms. The topological polar surface area (TPSA) is 55.5 Å². The Morgan fingerprint density at radius 3 is 2.80 bits per heavy atom. The van der Waals surface area contributed by atoms with Gasteiger partial charge in [-0.1, -0.05) is 0 Å². The number of aryl methyl sites for hydroxylation is 2. The number of aromatic nitrogens is 1. The van der Waals surface area contributed by atoms with Gasteiger partial charge >= 0.3 is 0 Å². The molecule has 5 nitrogen and oxygen atoms in total.